The Labute approximate surface area is 181 Å². The van der Waals surface area contributed by atoms with Crippen LogP contribution in [0, 0.1) is 5.41 Å². The number of fused-ring (bicyclic) bond motifs is 2. The number of thioether (sulfide) groups is 1. The average molecular weight is 436 g/mol. The molecule has 3 aliphatic heterocycles. The Morgan fingerprint density at radius 3 is 2.71 bits per heavy atom. The Hall–Kier alpha value is -3.79. The molecule has 0 aliphatic carbocycles. The minimum absolute atomic E-state index is 0.0481. The summed E-state index contributed by atoms with van der Waals surface area (Å²) in [5.41, 5.74) is 1.60. The lowest BCUT2D eigenvalue weighted by atomic mass is 10.1. The largest absolute Gasteiger partial charge is 0.493 e. The van der Waals surface area contributed by atoms with Crippen LogP contribution in [0.15, 0.2) is 52.1 Å². The molecular formula is C21H16N4O5S. The molecule has 0 aromatic heterocycles. The fraction of sp³-hybridized carbons (Fsp3) is 0.143. The van der Waals surface area contributed by atoms with Gasteiger partial charge in [0.1, 0.15) is 5.04 Å². The smallest absolute Gasteiger partial charge is 0.283 e. The van der Waals surface area contributed by atoms with Crippen LogP contribution < -0.4 is 18.9 Å². The summed E-state index contributed by atoms with van der Waals surface area (Å²) >= 11 is 1.22. The molecule has 10 heteroatoms. The van der Waals surface area contributed by atoms with Crippen molar-refractivity contribution in [3.8, 4) is 23.0 Å². The number of methoxy groups -OCH3 is 2. The van der Waals surface area contributed by atoms with Crippen molar-refractivity contribution in [2.45, 2.75) is 0 Å². The fourth-order valence-electron chi connectivity index (χ4n) is 3.25. The van der Waals surface area contributed by atoms with Crippen molar-refractivity contribution in [2.24, 2.45) is 10.1 Å². The molecule has 0 spiro atoms. The number of benzene rings is 2. The minimum Gasteiger partial charge on any atom is -0.493 e. The van der Waals surface area contributed by atoms with Crippen molar-refractivity contribution in [3.05, 3.63) is 53.1 Å². The van der Waals surface area contributed by atoms with Gasteiger partial charge in [0.2, 0.25) is 12.0 Å². The van der Waals surface area contributed by atoms with E-state index < -0.39 is 5.91 Å². The van der Waals surface area contributed by atoms with Gasteiger partial charge in [0.25, 0.3) is 5.91 Å². The molecule has 31 heavy (non-hydrogen) atoms. The van der Waals surface area contributed by atoms with Gasteiger partial charge in [-0.15, -0.1) is 0 Å². The molecule has 2 aromatic carbocycles. The van der Waals surface area contributed by atoms with Gasteiger partial charge in [-0.25, -0.2) is 0 Å². The van der Waals surface area contributed by atoms with E-state index in [0.717, 1.165) is 5.56 Å². The zero-order valence-corrected chi connectivity index (χ0v) is 17.4. The Balaban J connectivity index is 1.46. The predicted molar refractivity (Wildman–Crippen MR) is 116 cm³/mol. The lowest BCUT2D eigenvalue weighted by molar-refractivity contribution is -0.114. The molecule has 5 rings (SSSR count). The van der Waals surface area contributed by atoms with Crippen molar-refractivity contribution >= 4 is 39.8 Å². The van der Waals surface area contributed by atoms with Crippen LogP contribution >= 0.6 is 11.8 Å². The molecule has 1 N–H and O–H groups in total. The van der Waals surface area contributed by atoms with E-state index >= 15 is 0 Å². The van der Waals surface area contributed by atoms with Gasteiger partial charge in [-0.1, -0.05) is 6.07 Å². The van der Waals surface area contributed by atoms with E-state index in [4.69, 9.17) is 24.4 Å². The lowest BCUT2D eigenvalue weighted by Crippen LogP contribution is -2.35. The first-order valence-electron chi connectivity index (χ1n) is 9.19. The standard InChI is InChI=1S/C21H16N4O5S/c1-27-14-5-3-11(8-16(14)28-2)7-13-18(22)25-21(23-19(13)26)31-20(24-25)12-4-6-15-17(9-12)30-10-29-15/h3-9,22H,10H2,1-2H3/b13-7-,22-18?. The SMILES string of the molecule is COc1ccc(/C=C2/C(=N)N3N=C(c4ccc5c(c4)OCO5)SC3=NC2=O)cc1OC. The van der Waals surface area contributed by atoms with Gasteiger partial charge < -0.3 is 18.9 Å². The van der Waals surface area contributed by atoms with Crippen molar-refractivity contribution < 1.29 is 23.7 Å². The molecule has 2 aromatic rings. The lowest BCUT2D eigenvalue weighted by Gasteiger charge is -2.20. The van der Waals surface area contributed by atoms with Gasteiger partial charge in [0.15, 0.2) is 28.8 Å². The van der Waals surface area contributed by atoms with E-state index in [9.17, 15) is 4.79 Å². The molecule has 0 unspecified atom stereocenters. The Morgan fingerprint density at radius 1 is 1.10 bits per heavy atom. The Morgan fingerprint density at radius 2 is 1.90 bits per heavy atom. The molecule has 3 heterocycles. The molecular weight excluding hydrogens is 420 g/mol. The van der Waals surface area contributed by atoms with Gasteiger partial charge in [0, 0.05) is 5.56 Å². The maximum Gasteiger partial charge on any atom is 0.283 e. The molecule has 0 bridgehead atoms. The second-order valence-corrected chi connectivity index (χ2v) is 7.56. The first-order valence-corrected chi connectivity index (χ1v) is 10.0. The summed E-state index contributed by atoms with van der Waals surface area (Å²) in [4.78, 5) is 16.8. The van der Waals surface area contributed by atoms with Crippen LogP contribution in [-0.4, -0.2) is 48.0 Å². The molecule has 1 amide bonds. The highest BCUT2D eigenvalue weighted by Gasteiger charge is 2.36. The van der Waals surface area contributed by atoms with E-state index in [2.05, 4.69) is 10.1 Å². The average Bonchev–Trinajstić information content (AvgIpc) is 3.42. The molecule has 3 aliphatic rings. The Bertz CT molecular complexity index is 1220. The van der Waals surface area contributed by atoms with Crippen LogP contribution in [0.5, 0.6) is 23.0 Å². The van der Waals surface area contributed by atoms with Gasteiger partial charge in [-0.2, -0.15) is 15.1 Å². The summed E-state index contributed by atoms with van der Waals surface area (Å²) in [5.74, 6) is 1.85. The van der Waals surface area contributed by atoms with E-state index in [1.807, 2.05) is 12.1 Å². The second-order valence-electron chi connectivity index (χ2n) is 6.61. The number of carbonyl (C=O) groups excluding carboxylic acids is 1. The number of amides is 1. The van der Waals surface area contributed by atoms with Crippen LogP contribution in [0.4, 0.5) is 0 Å². The first-order chi connectivity index (χ1) is 15.1. The van der Waals surface area contributed by atoms with Crippen LogP contribution in [0.2, 0.25) is 0 Å². The monoisotopic (exact) mass is 436 g/mol. The van der Waals surface area contributed by atoms with Crippen molar-refractivity contribution in [1.29, 1.82) is 5.41 Å². The summed E-state index contributed by atoms with van der Waals surface area (Å²) in [6.07, 6.45) is 1.59. The highest BCUT2D eigenvalue weighted by molar-refractivity contribution is 8.27. The third kappa shape index (κ3) is 3.30. The van der Waals surface area contributed by atoms with E-state index in [-0.39, 0.29) is 18.2 Å². The third-order valence-corrected chi connectivity index (χ3v) is 5.75. The van der Waals surface area contributed by atoms with Crippen LogP contribution in [-0.2, 0) is 4.79 Å². The number of nitrogens with zero attached hydrogens (tertiary/aromatic N) is 3. The summed E-state index contributed by atoms with van der Waals surface area (Å²) in [6, 6.07) is 10.7. The fourth-order valence-corrected chi connectivity index (χ4v) is 4.13. The van der Waals surface area contributed by atoms with Gasteiger partial charge in [0.05, 0.1) is 19.8 Å². The highest BCUT2D eigenvalue weighted by Crippen LogP contribution is 2.37. The number of aliphatic imine (C=N–C) groups is 1. The summed E-state index contributed by atoms with van der Waals surface area (Å²) < 4.78 is 21.3. The number of hydrogen-bond acceptors (Lipinski definition) is 8. The zero-order valence-electron chi connectivity index (χ0n) is 16.5. The quantitative estimate of drug-likeness (QED) is 0.734. The maximum absolute atomic E-state index is 12.6. The van der Waals surface area contributed by atoms with Gasteiger partial charge in [-0.05, 0) is 53.7 Å². The van der Waals surface area contributed by atoms with E-state index in [0.29, 0.717) is 38.8 Å². The molecule has 0 saturated heterocycles. The minimum atomic E-state index is -0.499. The number of carbonyl (C=O) groups is 1. The van der Waals surface area contributed by atoms with E-state index in [1.165, 1.54) is 23.9 Å². The van der Waals surface area contributed by atoms with Crippen molar-refractivity contribution in [1.82, 2.24) is 5.01 Å². The zero-order chi connectivity index (χ0) is 21.5. The predicted octanol–water partition coefficient (Wildman–Crippen LogP) is 3.10. The van der Waals surface area contributed by atoms with E-state index in [1.54, 1.807) is 37.5 Å². The third-order valence-electron chi connectivity index (χ3n) is 4.79. The molecule has 0 radical (unpaired) electrons. The first kappa shape index (κ1) is 19.2. The number of amidine groups is 2. The molecule has 0 saturated carbocycles. The number of nitrogens with one attached hydrogen (secondary N) is 1. The summed E-state index contributed by atoms with van der Waals surface area (Å²) in [7, 11) is 3.08. The number of rotatable bonds is 4. The topological polar surface area (TPSA) is 106 Å². The summed E-state index contributed by atoms with van der Waals surface area (Å²) in [5, 5.41) is 15.4. The molecule has 9 nitrogen and oxygen atoms in total. The maximum atomic E-state index is 12.6. The van der Waals surface area contributed by atoms with Crippen molar-refractivity contribution in [3.63, 3.8) is 0 Å². The van der Waals surface area contributed by atoms with Crippen LogP contribution in [0.25, 0.3) is 6.08 Å². The van der Waals surface area contributed by atoms with Crippen LogP contribution in [0.3, 0.4) is 0 Å². The molecule has 0 fully saturated rings. The molecule has 156 valence electrons. The normalized spacial score (nSPS) is 18.1. The van der Waals surface area contributed by atoms with Crippen molar-refractivity contribution in [2.75, 3.05) is 21.0 Å². The van der Waals surface area contributed by atoms with Crippen LogP contribution in [0.1, 0.15) is 11.1 Å². The van der Waals surface area contributed by atoms with Gasteiger partial charge in [-0.3, -0.25) is 10.2 Å². The highest BCUT2D eigenvalue weighted by atomic mass is 32.2. The number of hydrazone groups is 1. The number of hydrogen-bond donors (Lipinski definition) is 1. The van der Waals surface area contributed by atoms with Gasteiger partial charge >= 0.3 is 0 Å². The summed E-state index contributed by atoms with van der Waals surface area (Å²) in [6.45, 7) is 0.181. The molecule has 0 atom stereocenters. The number of ether oxygens (including phenoxy) is 4. The Kier molecular flexibility index (Phi) is 4.63. The second kappa shape index (κ2) is 7.47.